The molecule has 1 fully saturated rings. The molecule has 2 rings (SSSR count). The van der Waals surface area contributed by atoms with Crippen molar-refractivity contribution >= 4 is 17.7 Å². The number of aliphatic carboxylic acids is 1. The minimum absolute atomic E-state index is 0.0360. The fraction of sp³-hybridized carbons (Fsp3) is 0.750. The van der Waals surface area contributed by atoms with Gasteiger partial charge in [-0.1, -0.05) is 25.6 Å². The second kappa shape index (κ2) is 4.91. The third-order valence-corrected chi connectivity index (χ3v) is 4.40. The quantitative estimate of drug-likeness (QED) is 0.851. The van der Waals surface area contributed by atoms with Gasteiger partial charge < -0.3 is 9.67 Å². The molecule has 1 atom stereocenters. The number of nitrogens with zero attached hydrogens (tertiary/aromatic N) is 3. The summed E-state index contributed by atoms with van der Waals surface area (Å²) in [5, 5.41) is 17.7. The molecular formula is C12H19N3O2S. The summed E-state index contributed by atoms with van der Waals surface area (Å²) >= 11 is 1.25. The lowest BCUT2D eigenvalue weighted by atomic mass is 9.92. The van der Waals surface area contributed by atoms with E-state index in [4.69, 9.17) is 5.11 Å². The summed E-state index contributed by atoms with van der Waals surface area (Å²) < 4.78 is 2.11. The molecule has 1 aliphatic rings. The van der Waals surface area contributed by atoms with Gasteiger partial charge in [0.2, 0.25) is 0 Å². The second-order valence-electron chi connectivity index (χ2n) is 5.64. The molecule has 1 aromatic rings. The summed E-state index contributed by atoms with van der Waals surface area (Å²) in [4.78, 5) is 10.6. The van der Waals surface area contributed by atoms with Crippen molar-refractivity contribution < 1.29 is 9.90 Å². The van der Waals surface area contributed by atoms with Gasteiger partial charge in [0, 0.05) is 6.04 Å². The highest BCUT2D eigenvalue weighted by Crippen LogP contribution is 2.44. The number of aromatic nitrogens is 3. The molecule has 1 N–H and O–H groups in total. The van der Waals surface area contributed by atoms with Crippen LogP contribution in [0.2, 0.25) is 0 Å². The third kappa shape index (κ3) is 2.85. The van der Waals surface area contributed by atoms with Crippen molar-refractivity contribution in [2.45, 2.75) is 51.2 Å². The van der Waals surface area contributed by atoms with Gasteiger partial charge >= 0.3 is 5.97 Å². The van der Waals surface area contributed by atoms with Crippen LogP contribution in [0.5, 0.6) is 0 Å². The van der Waals surface area contributed by atoms with E-state index in [2.05, 4.69) is 28.6 Å². The molecule has 5 nitrogen and oxygen atoms in total. The molecule has 100 valence electrons. The van der Waals surface area contributed by atoms with Gasteiger partial charge in [-0.2, -0.15) is 0 Å². The standard InChI is InChI=1S/C12H19N3O2S/c1-8-13-14-11(18-7-10(16)17)15(8)9-4-5-12(2,3)6-9/h9H,4-7H2,1-3H3,(H,16,17). The van der Waals surface area contributed by atoms with Crippen molar-refractivity contribution in [2.24, 2.45) is 5.41 Å². The van der Waals surface area contributed by atoms with E-state index in [9.17, 15) is 4.79 Å². The summed E-state index contributed by atoms with van der Waals surface area (Å²) in [5.74, 6) is 0.0957. The zero-order valence-electron chi connectivity index (χ0n) is 11.0. The van der Waals surface area contributed by atoms with Gasteiger partial charge in [0.15, 0.2) is 5.16 Å². The maximum Gasteiger partial charge on any atom is 0.313 e. The van der Waals surface area contributed by atoms with Crippen LogP contribution >= 0.6 is 11.8 Å². The van der Waals surface area contributed by atoms with E-state index in [1.807, 2.05) is 6.92 Å². The van der Waals surface area contributed by atoms with E-state index >= 15 is 0 Å². The Balaban J connectivity index is 2.17. The lowest BCUT2D eigenvalue weighted by Gasteiger charge is -2.19. The van der Waals surface area contributed by atoms with Crippen LogP contribution in [0.25, 0.3) is 0 Å². The number of hydrogen-bond donors (Lipinski definition) is 1. The molecule has 0 amide bonds. The van der Waals surface area contributed by atoms with Gasteiger partial charge in [0.1, 0.15) is 5.82 Å². The maximum absolute atomic E-state index is 10.6. The predicted molar refractivity (Wildman–Crippen MR) is 69.8 cm³/mol. The monoisotopic (exact) mass is 269 g/mol. The number of carbonyl (C=O) groups is 1. The molecule has 0 saturated heterocycles. The zero-order chi connectivity index (χ0) is 13.3. The highest BCUT2D eigenvalue weighted by Gasteiger charge is 2.33. The normalized spacial score (nSPS) is 22.3. The van der Waals surface area contributed by atoms with Crippen molar-refractivity contribution in [1.29, 1.82) is 0 Å². The minimum Gasteiger partial charge on any atom is -0.481 e. The van der Waals surface area contributed by atoms with Crippen LogP contribution in [0.4, 0.5) is 0 Å². The van der Waals surface area contributed by atoms with Gasteiger partial charge in [0.25, 0.3) is 0 Å². The Hall–Kier alpha value is -1.04. The molecule has 0 radical (unpaired) electrons. The average Bonchev–Trinajstić information content (AvgIpc) is 2.78. The van der Waals surface area contributed by atoms with E-state index in [0.717, 1.165) is 23.8 Å². The lowest BCUT2D eigenvalue weighted by molar-refractivity contribution is -0.133. The summed E-state index contributed by atoms with van der Waals surface area (Å²) in [6.07, 6.45) is 3.41. The Morgan fingerprint density at radius 1 is 1.56 bits per heavy atom. The molecule has 1 heterocycles. The van der Waals surface area contributed by atoms with Crippen LogP contribution in [0.15, 0.2) is 5.16 Å². The van der Waals surface area contributed by atoms with Crippen LogP contribution in [0.1, 0.15) is 45.0 Å². The molecule has 0 bridgehead atoms. The van der Waals surface area contributed by atoms with Gasteiger partial charge in [-0.15, -0.1) is 10.2 Å². The summed E-state index contributed by atoms with van der Waals surface area (Å²) in [6.45, 7) is 6.48. The van der Waals surface area contributed by atoms with Crippen molar-refractivity contribution in [1.82, 2.24) is 14.8 Å². The van der Waals surface area contributed by atoms with Crippen LogP contribution in [0, 0.1) is 12.3 Å². The van der Waals surface area contributed by atoms with E-state index in [1.54, 1.807) is 0 Å². The molecule has 6 heteroatoms. The Kier molecular flexibility index (Phi) is 3.66. The number of thioether (sulfide) groups is 1. The Morgan fingerprint density at radius 2 is 2.28 bits per heavy atom. The zero-order valence-corrected chi connectivity index (χ0v) is 11.8. The molecule has 0 aliphatic heterocycles. The second-order valence-corrected chi connectivity index (χ2v) is 6.59. The molecule has 1 aliphatic carbocycles. The van der Waals surface area contributed by atoms with Crippen molar-refractivity contribution in [2.75, 3.05) is 5.75 Å². The molecule has 1 unspecified atom stereocenters. The van der Waals surface area contributed by atoms with E-state index in [0.29, 0.717) is 11.5 Å². The van der Waals surface area contributed by atoms with Crippen molar-refractivity contribution in [3.8, 4) is 0 Å². The molecular weight excluding hydrogens is 250 g/mol. The first-order chi connectivity index (χ1) is 8.39. The fourth-order valence-electron chi connectivity index (χ4n) is 2.61. The summed E-state index contributed by atoms with van der Waals surface area (Å²) in [5.41, 5.74) is 0.357. The minimum atomic E-state index is -0.820. The average molecular weight is 269 g/mol. The Bertz CT molecular complexity index is 456. The highest BCUT2D eigenvalue weighted by atomic mass is 32.2. The first-order valence-corrected chi connectivity index (χ1v) is 7.14. The van der Waals surface area contributed by atoms with Crippen LogP contribution in [-0.2, 0) is 4.79 Å². The van der Waals surface area contributed by atoms with Crippen molar-refractivity contribution in [3.05, 3.63) is 5.82 Å². The van der Waals surface area contributed by atoms with Crippen LogP contribution in [0.3, 0.4) is 0 Å². The number of carboxylic acid groups (broad SMARTS) is 1. The number of carboxylic acids is 1. The Morgan fingerprint density at radius 3 is 2.83 bits per heavy atom. The highest BCUT2D eigenvalue weighted by molar-refractivity contribution is 7.99. The Labute approximate surface area is 111 Å². The molecule has 18 heavy (non-hydrogen) atoms. The third-order valence-electron chi connectivity index (χ3n) is 3.47. The van der Waals surface area contributed by atoms with Gasteiger partial charge in [-0.3, -0.25) is 4.79 Å². The summed E-state index contributed by atoms with van der Waals surface area (Å²) in [6, 6.07) is 0.409. The number of hydrogen-bond acceptors (Lipinski definition) is 4. The number of aryl methyl sites for hydroxylation is 1. The largest absolute Gasteiger partial charge is 0.481 e. The maximum atomic E-state index is 10.6. The smallest absolute Gasteiger partial charge is 0.313 e. The van der Waals surface area contributed by atoms with E-state index < -0.39 is 5.97 Å². The first-order valence-electron chi connectivity index (χ1n) is 6.15. The van der Waals surface area contributed by atoms with Crippen LogP contribution < -0.4 is 0 Å². The topological polar surface area (TPSA) is 68.0 Å². The summed E-state index contributed by atoms with van der Waals surface area (Å²) in [7, 11) is 0. The number of rotatable bonds is 4. The van der Waals surface area contributed by atoms with Gasteiger partial charge in [0.05, 0.1) is 5.75 Å². The molecule has 0 aromatic carbocycles. The SMILES string of the molecule is Cc1nnc(SCC(=O)O)n1C1CCC(C)(C)C1. The van der Waals surface area contributed by atoms with E-state index in [-0.39, 0.29) is 5.75 Å². The van der Waals surface area contributed by atoms with Crippen molar-refractivity contribution in [3.63, 3.8) is 0 Å². The molecule has 1 saturated carbocycles. The lowest BCUT2D eigenvalue weighted by Crippen LogP contribution is -2.12. The van der Waals surface area contributed by atoms with Gasteiger partial charge in [-0.25, -0.2) is 0 Å². The first kappa shape index (κ1) is 13.4. The van der Waals surface area contributed by atoms with Crippen LogP contribution in [-0.4, -0.2) is 31.6 Å². The van der Waals surface area contributed by atoms with Gasteiger partial charge in [-0.05, 0) is 31.6 Å². The molecule has 1 aromatic heterocycles. The van der Waals surface area contributed by atoms with E-state index in [1.165, 1.54) is 18.2 Å². The predicted octanol–water partition coefficient (Wildman–Crippen LogP) is 2.51. The molecule has 0 spiro atoms. The fourth-order valence-corrected chi connectivity index (χ4v) is 3.39.